The van der Waals surface area contributed by atoms with Crippen LogP contribution in [0.25, 0.3) is 0 Å². The molecule has 236 valence electrons. The first kappa shape index (κ1) is 32.7. The number of benzene rings is 3. The molecule has 0 fully saturated rings. The first-order valence-corrected chi connectivity index (χ1v) is 16.2. The van der Waals surface area contributed by atoms with Crippen molar-refractivity contribution < 1.29 is 32.2 Å². The number of carbonyl (C=O) groups is 2. The zero-order valence-corrected chi connectivity index (χ0v) is 26.7. The van der Waals surface area contributed by atoms with Gasteiger partial charge in [0.05, 0.1) is 18.6 Å². The Kier molecular flexibility index (Phi) is 10.4. The largest absolute Gasteiger partial charge is 0.497 e. The Morgan fingerprint density at radius 2 is 1.61 bits per heavy atom. The highest BCUT2D eigenvalue weighted by atomic mass is 32.2. The molecule has 44 heavy (non-hydrogen) atoms. The molecule has 0 saturated heterocycles. The molecule has 0 unspecified atom stereocenters. The van der Waals surface area contributed by atoms with Crippen LogP contribution in [0.5, 0.6) is 17.2 Å². The van der Waals surface area contributed by atoms with E-state index in [2.05, 4.69) is 5.32 Å². The minimum absolute atomic E-state index is 0.0479. The third kappa shape index (κ3) is 8.43. The fourth-order valence-corrected chi connectivity index (χ4v) is 5.93. The summed E-state index contributed by atoms with van der Waals surface area (Å²) in [7, 11) is -2.36. The monoisotopic (exact) mass is 623 g/mol. The van der Waals surface area contributed by atoms with Gasteiger partial charge in [-0.15, -0.1) is 0 Å². The molecule has 1 atom stereocenters. The molecule has 3 aromatic carbocycles. The van der Waals surface area contributed by atoms with Crippen LogP contribution in [0.15, 0.2) is 72.8 Å². The van der Waals surface area contributed by atoms with Crippen molar-refractivity contribution in [2.24, 2.45) is 0 Å². The SMILES string of the molecule is CCS(=O)(=O)N(CC(=O)N(Cc1cccc(OC)c1)[C@H](Cc1ccccc1)C(=O)NC(C)(C)C)c1ccc2c(c1)OCCO2. The summed E-state index contributed by atoms with van der Waals surface area (Å²) in [5.74, 6) is 0.383. The van der Waals surface area contributed by atoms with Crippen LogP contribution in [-0.4, -0.2) is 69.3 Å². The lowest BCUT2D eigenvalue weighted by molar-refractivity contribution is -0.140. The number of hydrogen-bond donors (Lipinski definition) is 1. The number of ether oxygens (including phenoxy) is 3. The molecule has 1 aliphatic heterocycles. The summed E-state index contributed by atoms with van der Waals surface area (Å²) >= 11 is 0. The Morgan fingerprint density at radius 1 is 0.932 bits per heavy atom. The fraction of sp³-hybridized carbons (Fsp3) is 0.394. The summed E-state index contributed by atoms with van der Waals surface area (Å²) in [5, 5.41) is 3.02. The van der Waals surface area contributed by atoms with E-state index >= 15 is 0 Å². The van der Waals surface area contributed by atoms with Crippen molar-refractivity contribution in [3.05, 3.63) is 83.9 Å². The van der Waals surface area contributed by atoms with Crippen LogP contribution in [0.3, 0.4) is 0 Å². The van der Waals surface area contributed by atoms with E-state index in [1.807, 2.05) is 57.2 Å². The molecule has 0 aromatic heterocycles. The number of methoxy groups -OCH3 is 1. The first-order valence-electron chi connectivity index (χ1n) is 14.6. The molecule has 10 nitrogen and oxygen atoms in total. The molecule has 1 aliphatic rings. The van der Waals surface area contributed by atoms with Crippen LogP contribution in [0, 0.1) is 0 Å². The highest BCUT2D eigenvalue weighted by Gasteiger charge is 2.35. The Morgan fingerprint density at radius 3 is 2.27 bits per heavy atom. The minimum Gasteiger partial charge on any atom is -0.497 e. The van der Waals surface area contributed by atoms with Gasteiger partial charge in [-0.05, 0) is 63.1 Å². The highest BCUT2D eigenvalue weighted by molar-refractivity contribution is 7.92. The summed E-state index contributed by atoms with van der Waals surface area (Å²) in [4.78, 5) is 29.7. The molecule has 1 N–H and O–H groups in total. The fourth-order valence-electron chi connectivity index (χ4n) is 4.88. The van der Waals surface area contributed by atoms with Gasteiger partial charge in [0.15, 0.2) is 11.5 Å². The molecule has 0 spiro atoms. The molecule has 0 aliphatic carbocycles. The van der Waals surface area contributed by atoms with Gasteiger partial charge in [0.25, 0.3) is 0 Å². The van der Waals surface area contributed by atoms with Crippen molar-refractivity contribution >= 4 is 27.5 Å². The lowest BCUT2D eigenvalue weighted by atomic mass is 10.0. The number of amides is 2. The molecule has 0 radical (unpaired) electrons. The number of sulfonamides is 1. The quantitative estimate of drug-likeness (QED) is 0.322. The van der Waals surface area contributed by atoms with E-state index in [0.717, 1.165) is 15.4 Å². The molecular weight excluding hydrogens is 582 g/mol. The van der Waals surface area contributed by atoms with Crippen molar-refractivity contribution in [1.29, 1.82) is 0 Å². The smallest absolute Gasteiger partial charge is 0.244 e. The standard InChI is InChI=1S/C33H41N3O7S/c1-6-44(39,40)36(26-15-16-29-30(21-26)43-18-17-42-29)23-31(37)35(22-25-13-10-14-27(19-25)41-5)28(32(38)34-33(2,3)4)20-24-11-8-7-9-12-24/h7-16,19,21,28H,6,17-18,20,22-23H2,1-5H3,(H,34,38)/t28-/m1/s1. The van der Waals surface area contributed by atoms with E-state index in [-0.39, 0.29) is 30.3 Å². The van der Waals surface area contributed by atoms with E-state index in [9.17, 15) is 18.0 Å². The zero-order valence-electron chi connectivity index (χ0n) is 25.9. The predicted molar refractivity (Wildman–Crippen MR) is 170 cm³/mol. The summed E-state index contributed by atoms with van der Waals surface area (Å²) in [6.07, 6.45) is 0.225. The van der Waals surface area contributed by atoms with Gasteiger partial charge in [-0.3, -0.25) is 13.9 Å². The number of anilines is 1. The van der Waals surface area contributed by atoms with E-state index < -0.39 is 34.1 Å². The van der Waals surface area contributed by atoms with Crippen molar-refractivity contribution in [2.75, 3.05) is 36.9 Å². The number of fused-ring (bicyclic) bond motifs is 1. The van der Waals surface area contributed by atoms with Crippen LogP contribution in [-0.2, 0) is 32.6 Å². The molecule has 11 heteroatoms. The maximum atomic E-state index is 14.4. The van der Waals surface area contributed by atoms with Crippen molar-refractivity contribution in [3.63, 3.8) is 0 Å². The summed E-state index contributed by atoms with van der Waals surface area (Å²) in [6, 6.07) is 20.5. The maximum absolute atomic E-state index is 14.4. The highest BCUT2D eigenvalue weighted by Crippen LogP contribution is 2.35. The minimum atomic E-state index is -3.92. The molecular formula is C33H41N3O7S. The molecule has 0 saturated carbocycles. The van der Waals surface area contributed by atoms with Crippen LogP contribution in [0.1, 0.15) is 38.8 Å². The summed E-state index contributed by atoms with van der Waals surface area (Å²) in [6.45, 7) is 7.38. The van der Waals surface area contributed by atoms with Crippen LogP contribution >= 0.6 is 0 Å². The van der Waals surface area contributed by atoms with Gasteiger partial charge >= 0.3 is 0 Å². The van der Waals surface area contributed by atoms with Crippen molar-refractivity contribution in [1.82, 2.24) is 10.2 Å². The van der Waals surface area contributed by atoms with Crippen LogP contribution in [0.2, 0.25) is 0 Å². The zero-order chi connectivity index (χ0) is 31.9. The third-order valence-electron chi connectivity index (χ3n) is 7.05. The van der Waals surface area contributed by atoms with E-state index in [0.29, 0.717) is 30.5 Å². The number of nitrogens with one attached hydrogen (secondary N) is 1. The molecule has 3 aromatic rings. The normalized spacial score (nSPS) is 13.5. The Balaban J connectivity index is 1.77. The number of nitrogens with zero attached hydrogens (tertiary/aromatic N) is 2. The Bertz CT molecular complexity index is 1560. The van der Waals surface area contributed by atoms with Crippen molar-refractivity contribution in [2.45, 2.75) is 52.2 Å². The molecule has 1 heterocycles. The number of rotatable bonds is 12. The summed E-state index contributed by atoms with van der Waals surface area (Å²) in [5.41, 5.74) is 1.28. The molecule has 0 bridgehead atoms. The van der Waals surface area contributed by atoms with Crippen LogP contribution < -0.4 is 23.8 Å². The maximum Gasteiger partial charge on any atom is 0.244 e. The first-order chi connectivity index (χ1) is 20.9. The average Bonchev–Trinajstić information content (AvgIpc) is 3.00. The van der Waals surface area contributed by atoms with Crippen molar-refractivity contribution in [3.8, 4) is 17.2 Å². The second kappa shape index (κ2) is 14.0. The van der Waals surface area contributed by atoms with Gasteiger partial charge in [0.2, 0.25) is 21.8 Å². The van der Waals surface area contributed by atoms with Crippen LogP contribution in [0.4, 0.5) is 5.69 Å². The number of hydrogen-bond acceptors (Lipinski definition) is 7. The van der Waals surface area contributed by atoms with Gasteiger partial charge < -0.3 is 24.4 Å². The van der Waals surface area contributed by atoms with Gasteiger partial charge in [-0.1, -0.05) is 42.5 Å². The average molecular weight is 624 g/mol. The van der Waals surface area contributed by atoms with Gasteiger partial charge in [-0.2, -0.15) is 0 Å². The van der Waals surface area contributed by atoms with E-state index in [1.54, 1.807) is 43.5 Å². The second-order valence-electron chi connectivity index (χ2n) is 11.6. The Labute approximate surface area is 260 Å². The predicted octanol–water partition coefficient (Wildman–Crippen LogP) is 4.18. The lowest BCUT2D eigenvalue weighted by Crippen LogP contribution is -2.56. The van der Waals surface area contributed by atoms with Gasteiger partial charge in [0.1, 0.15) is 31.5 Å². The van der Waals surface area contributed by atoms with E-state index in [4.69, 9.17) is 14.2 Å². The lowest BCUT2D eigenvalue weighted by Gasteiger charge is -2.35. The molecule has 4 rings (SSSR count). The third-order valence-corrected chi connectivity index (χ3v) is 8.79. The Hall–Kier alpha value is -4.25. The second-order valence-corrected chi connectivity index (χ2v) is 13.7. The van der Waals surface area contributed by atoms with Gasteiger partial charge in [0, 0.05) is 24.6 Å². The van der Waals surface area contributed by atoms with E-state index in [1.165, 1.54) is 11.8 Å². The molecule has 2 amide bonds. The summed E-state index contributed by atoms with van der Waals surface area (Å²) < 4.78 is 44.6. The van der Waals surface area contributed by atoms with Gasteiger partial charge in [-0.25, -0.2) is 8.42 Å². The topological polar surface area (TPSA) is 114 Å². The number of carbonyl (C=O) groups excluding carboxylic acids is 2.